The molecule has 0 unspecified atom stereocenters. The molecule has 2 amide bonds. The van der Waals surface area contributed by atoms with Gasteiger partial charge in [0.15, 0.2) is 5.78 Å². The molecule has 39 heavy (non-hydrogen) atoms. The van der Waals surface area contributed by atoms with E-state index < -0.39 is 23.6 Å². The van der Waals surface area contributed by atoms with E-state index in [2.05, 4.69) is 25.8 Å². The number of carbonyl (C=O) groups is 2. The largest absolute Gasteiger partial charge is 0.457 e. The molecule has 0 radical (unpaired) electrons. The van der Waals surface area contributed by atoms with Gasteiger partial charge in [0.05, 0.1) is 29.7 Å². The van der Waals surface area contributed by atoms with Gasteiger partial charge in [0, 0.05) is 54.4 Å². The van der Waals surface area contributed by atoms with Crippen LogP contribution >= 0.6 is 0 Å². The maximum atomic E-state index is 14.7. The number of benzene rings is 2. The van der Waals surface area contributed by atoms with Crippen molar-refractivity contribution in [3.8, 4) is 22.8 Å². The van der Waals surface area contributed by atoms with Crippen molar-refractivity contribution in [2.24, 2.45) is 0 Å². The number of carbonyl (C=O) groups excluding carboxylic acids is 2. The van der Waals surface area contributed by atoms with E-state index in [0.717, 1.165) is 23.8 Å². The minimum Gasteiger partial charge on any atom is -0.457 e. The second-order valence-electron chi connectivity index (χ2n) is 8.66. The summed E-state index contributed by atoms with van der Waals surface area (Å²) in [5.41, 5.74) is 0.0963. The van der Waals surface area contributed by atoms with E-state index in [1.165, 1.54) is 29.3 Å². The number of aromatic amines is 1. The minimum absolute atomic E-state index is 0.0172. The Balaban J connectivity index is 1.28. The quantitative estimate of drug-likeness (QED) is 0.265. The fourth-order valence-electron chi connectivity index (χ4n) is 3.99. The molecule has 9 nitrogen and oxygen atoms in total. The van der Waals surface area contributed by atoms with Crippen molar-refractivity contribution < 1.29 is 31.9 Å². The molecule has 1 saturated heterocycles. The minimum atomic E-state index is -4.68. The predicted molar refractivity (Wildman–Crippen MR) is 134 cm³/mol. The van der Waals surface area contributed by atoms with Gasteiger partial charge < -0.3 is 20.3 Å². The monoisotopic (exact) mass is 540 g/mol. The smallest absolute Gasteiger partial charge is 0.416 e. The standard InChI is InChI=1S/C26H20F4N6O3/c27-22-10-20(39-21-3-5-31-24(11-21)15-12-32-33-13-15)1-2-23(22)35-25(38)34-17-7-16(26(28,29)30)8-18(9-17)36-6-4-19(37)14-36/h1-3,5,7-13H,4,6,14H2,(H,32,33)(H2,34,35,38). The summed E-state index contributed by atoms with van der Waals surface area (Å²) in [4.78, 5) is 29.8. The number of pyridine rings is 1. The third-order valence-corrected chi connectivity index (χ3v) is 5.85. The number of ether oxygens (including phenoxy) is 1. The summed E-state index contributed by atoms with van der Waals surface area (Å²) in [5, 5.41) is 11.1. The maximum absolute atomic E-state index is 14.7. The second kappa shape index (κ2) is 10.4. The van der Waals surface area contributed by atoms with Crippen LogP contribution in [0.3, 0.4) is 0 Å². The molecule has 4 aromatic rings. The number of urea groups is 1. The van der Waals surface area contributed by atoms with Gasteiger partial charge in [-0.1, -0.05) is 0 Å². The SMILES string of the molecule is O=C1CCN(c2cc(NC(=O)Nc3ccc(Oc4ccnc(-c5cn[nH]c5)c4)cc3F)cc(C(F)(F)F)c2)C1. The Morgan fingerprint density at radius 1 is 1.05 bits per heavy atom. The van der Waals surface area contributed by atoms with Crippen molar-refractivity contribution in [3.05, 3.63) is 78.5 Å². The van der Waals surface area contributed by atoms with E-state index in [0.29, 0.717) is 11.4 Å². The average molecular weight is 540 g/mol. The lowest BCUT2D eigenvalue weighted by Crippen LogP contribution is -2.23. The number of Topliss-reactive ketones (excluding diaryl/α,β-unsaturated/α-hetero) is 1. The highest BCUT2D eigenvalue weighted by atomic mass is 19.4. The molecule has 1 aliphatic heterocycles. The van der Waals surface area contributed by atoms with Crippen LogP contribution in [0.4, 0.5) is 39.4 Å². The first-order valence-electron chi connectivity index (χ1n) is 11.6. The van der Waals surface area contributed by atoms with Gasteiger partial charge in [-0.3, -0.25) is 14.9 Å². The Hall–Kier alpha value is -4.94. The van der Waals surface area contributed by atoms with Crippen LogP contribution in [0, 0.1) is 5.82 Å². The van der Waals surface area contributed by atoms with Crippen molar-refractivity contribution in [2.45, 2.75) is 12.6 Å². The first kappa shape index (κ1) is 25.7. The first-order valence-corrected chi connectivity index (χ1v) is 11.6. The Morgan fingerprint density at radius 3 is 2.56 bits per heavy atom. The lowest BCUT2D eigenvalue weighted by atomic mass is 10.1. The molecule has 5 rings (SSSR count). The van der Waals surface area contributed by atoms with E-state index in [-0.39, 0.29) is 48.1 Å². The van der Waals surface area contributed by atoms with Crippen molar-refractivity contribution in [3.63, 3.8) is 0 Å². The van der Waals surface area contributed by atoms with Gasteiger partial charge >= 0.3 is 12.2 Å². The van der Waals surface area contributed by atoms with Crippen molar-refractivity contribution in [2.75, 3.05) is 28.6 Å². The summed E-state index contributed by atoms with van der Waals surface area (Å²) >= 11 is 0. The maximum Gasteiger partial charge on any atom is 0.416 e. The number of nitrogens with zero attached hydrogens (tertiary/aromatic N) is 3. The third kappa shape index (κ3) is 6.14. The van der Waals surface area contributed by atoms with Crippen LogP contribution in [0.2, 0.25) is 0 Å². The molecule has 0 aliphatic carbocycles. The molecule has 2 aromatic heterocycles. The van der Waals surface area contributed by atoms with E-state index in [4.69, 9.17) is 4.74 Å². The van der Waals surface area contributed by atoms with E-state index >= 15 is 0 Å². The molecule has 0 spiro atoms. The normalized spacial score (nSPS) is 13.4. The van der Waals surface area contributed by atoms with Gasteiger partial charge in [0.25, 0.3) is 0 Å². The number of H-pyrrole nitrogens is 1. The number of hydrogen-bond acceptors (Lipinski definition) is 6. The predicted octanol–water partition coefficient (Wildman–Crippen LogP) is 5.85. The average Bonchev–Trinajstić information content (AvgIpc) is 3.58. The van der Waals surface area contributed by atoms with Crippen LogP contribution in [0.1, 0.15) is 12.0 Å². The number of rotatable bonds is 6. The van der Waals surface area contributed by atoms with Crippen LogP contribution in [-0.4, -0.2) is 40.1 Å². The van der Waals surface area contributed by atoms with Gasteiger partial charge in [-0.15, -0.1) is 0 Å². The summed E-state index contributed by atoms with van der Waals surface area (Å²) in [7, 11) is 0. The molecule has 0 saturated carbocycles. The van der Waals surface area contributed by atoms with Gasteiger partial charge in [-0.2, -0.15) is 18.3 Å². The zero-order chi connectivity index (χ0) is 27.6. The molecule has 13 heteroatoms. The first-order chi connectivity index (χ1) is 18.6. The van der Waals surface area contributed by atoms with E-state index in [1.807, 2.05) is 0 Å². The number of alkyl halides is 3. The van der Waals surface area contributed by atoms with Crippen LogP contribution in [0.15, 0.2) is 67.1 Å². The Bertz CT molecular complexity index is 1520. The van der Waals surface area contributed by atoms with Gasteiger partial charge in [0.2, 0.25) is 0 Å². The molecular formula is C26H20F4N6O3. The third-order valence-electron chi connectivity index (χ3n) is 5.85. The highest BCUT2D eigenvalue weighted by Gasteiger charge is 2.32. The van der Waals surface area contributed by atoms with Crippen LogP contribution in [0.25, 0.3) is 11.3 Å². The molecule has 1 aliphatic rings. The van der Waals surface area contributed by atoms with Crippen LogP contribution < -0.4 is 20.3 Å². The van der Waals surface area contributed by atoms with Crippen molar-refractivity contribution in [1.82, 2.24) is 15.2 Å². The zero-order valence-electron chi connectivity index (χ0n) is 20.1. The Kier molecular flexibility index (Phi) is 6.88. The van der Waals surface area contributed by atoms with Crippen molar-refractivity contribution in [1.29, 1.82) is 0 Å². The number of ketones is 1. The number of aromatic nitrogens is 3. The van der Waals surface area contributed by atoms with E-state index in [1.54, 1.807) is 24.5 Å². The van der Waals surface area contributed by atoms with Crippen LogP contribution in [0.5, 0.6) is 11.5 Å². The molecule has 3 heterocycles. The summed E-state index contributed by atoms with van der Waals surface area (Å²) < 4.78 is 60.8. The summed E-state index contributed by atoms with van der Waals surface area (Å²) in [5.74, 6) is -0.387. The van der Waals surface area contributed by atoms with Crippen molar-refractivity contribution >= 4 is 28.9 Å². The molecule has 2 aromatic carbocycles. The summed E-state index contributed by atoms with van der Waals surface area (Å²) in [6, 6.07) is 9.02. The number of halogens is 4. The lowest BCUT2D eigenvalue weighted by molar-refractivity contribution is -0.137. The number of nitrogens with one attached hydrogen (secondary N) is 3. The molecule has 0 bridgehead atoms. The highest BCUT2D eigenvalue weighted by Crippen LogP contribution is 2.35. The second-order valence-corrected chi connectivity index (χ2v) is 8.66. The van der Waals surface area contributed by atoms with Gasteiger partial charge in [0.1, 0.15) is 17.3 Å². The van der Waals surface area contributed by atoms with Gasteiger partial charge in [-0.05, 0) is 36.4 Å². The Labute approximate surface area is 218 Å². The van der Waals surface area contributed by atoms with Crippen LogP contribution in [-0.2, 0) is 11.0 Å². The fraction of sp³-hybridized carbons (Fsp3) is 0.154. The fourth-order valence-corrected chi connectivity index (χ4v) is 3.99. The Morgan fingerprint density at radius 2 is 1.87 bits per heavy atom. The number of amides is 2. The van der Waals surface area contributed by atoms with Gasteiger partial charge in [-0.25, -0.2) is 9.18 Å². The lowest BCUT2D eigenvalue weighted by Gasteiger charge is -2.20. The zero-order valence-corrected chi connectivity index (χ0v) is 20.1. The molecular weight excluding hydrogens is 520 g/mol. The molecule has 200 valence electrons. The molecule has 1 fully saturated rings. The summed E-state index contributed by atoms with van der Waals surface area (Å²) in [6.45, 7) is 0.256. The van der Waals surface area contributed by atoms with E-state index in [9.17, 15) is 27.2 Å². The number of anilines is 3. The highest BCUT2D eigenvalue weighted by molar-refractivity contribution is 6.00. The number of hydrogen-bond donors (Lipinski definition) is 3. The molecule has 0 atom stereocenters. The molecule has 3 N–H and O–H groups in total. The topological polar surface area (TPSA) is 112 Å². The summed E-state index contributed by atoms with van der Waals surface area (Å²) in [6.07, 6.45) is 0.318.